The summed E-state index contributed by atoms with van der Waals surface area (Å²) in [5, 5.41) is 20.4. The first kappa shape index (κ1) is 17.4. The summed E-state index contributed by atoms with van der Waals surface area (Å²) < 4.78 is 1.27. The van der Waals surface area contributed by atoms with Gasteiger partial charge in [0.2, 0.25) is 5.91 Å². The van der Waals surface area contributed by atoms with Gasteiger partial charge >= 0.3 is 5.69 Å². The Morgan fingerprint density at radius 3 is 3.05 bits per heavy atom. The monoisotopic (exact) mass is 317 g/mol. The number of nitrogens with one attached hydrogen (secondary N) is 2. The molecule has 8 nitrogen and oxygen atoms in total. The van der Waals surface area contributed by atoms with Gasteiger partial charge in [-0.15, -0.1) is 12.4 Å². The van der Waals surface area contributed by atoms with Gasteiger partial charge in [-0.05, 0) is 38.3 Å². The maximum Gasteiger partial charge on any atom is 0.307 e. The number of aromatic nitrogens is 2. The maximum absolute atomic E-state index is 11.7. The van der Waals surface area contributed by atoms with Crippen molar-refractivity contribution in [1.82, 2.24) is 20.4 Å². The van der Waals surface area contributed by atoms with E-state index in [0.717, 1.165) is 25.7 Å². The Hall–Kier alpha value is -1.67. The zero-order chi connectivity index (χ0) is 14.4. The summed E-state index contributed by atoms with van der Waals surface area (Å²) in [7, 11) is 0. The number of nitrogens with zero attached hydrogens (tertiary/aromatic N) is 3. The van der Waals surface area contributed by atoms with Crippen molar-refractivity contribution in [2.75, 3.05) is 19.6 Å². The Kier molecular flexibility index (Phi) is 7.10. The van der Waals surface area contributed by atoms with Crippen LogP contribution in [0.25, 0.3) is 0 Å². The molecule has 21 heavy (non-hydrogen) atoms. The van der Waals surface area contributed by atoms with Crippen LogP contribution in [-0.2, 0) is 11.3 Å². The molecule has 0 aliphatic carbocycles. The van der Waals surface area contributed by atoms with Crippen LogP contribution in [0.1, 0.15) is 19.3 Å². The van der Waals surface area contributed by atoms with Crippen molar-refractivity contribution in [1.29, 1.82) is 0 Å². The van der Waals surface area contributed by atoms with E-state index in [-0.39, 0.29) is 30.5 Å². The molecule has 2 N–H and O–H groups in total. The van der Waals surface area contributed by atoms with Crippen molar-refractivity contribution in [3.63, 3.8) is 0 Å². The van der Waals surface area contributed by atoms with E-state index in [1.54, 1.807) is 0 Å². The molecule has 1 saturated heterocycles. The predicted molar refractivity (Wildman–Crippen MR) is 79.3 cm³/mol. The van der Waals surface area contributed by atoms with Crippen molar-refractivity contribution >= 4 is 24.0 Å². The zero-order valence-electron chi connectivity index (χ0n) is 11.7. The number of rotatable bonds is 6. The van der Waals surface area contributed by atoms with Crippen LogP contribution in [0.15, 0.2) is 12.4 Å². The van der Waals surface area contributed by atoms with Crippen LogP contribution < -0.4 is 10.6 Å². The van der Waals surface area contributed by atoms with E-state index in [2.05, 4.69) is 15.7 Å². The van der Waals surface area contributed by atoms with E-state index in [0.29, 0.717) is 12.5 Å². The molecule has 0 spiro atoms. The molecular weight excluding hydrogens is 298 g/mol. The van der Waals surface area contributed by atoms with E-state index in [4.69, 9.17) is 0 Å². The van der Waals surface area contributed by atoms with Gasteiger partial charge in [-0.1, -0.05) is 0 Å². The van der Waals surface area contributed by atoms with Crippen molar-refractivity contribution in [2.45, 2.75) is 25.8 Å². The summed E-state index contributed by atoms with van der Waals surface area (Å²) in [5.74, 6) is 0.446. The SMILES string of the molecule is Cl.O=C(Cn1cc([N+](=O)[O-])cn1)NCCC1CCCNC1. The highest BCUT2D eigenvalue weighted by Crippen LogP contribution is 2.12. The van der Waals surface area contributed by atoms with Crippen molar-refractivity contribution in [3.8, 4) is 0 Å². The molecule has 1 atom stereocenters. The van der Waals surface area contributed by atoms with Gasteiger partial charge in [0.1, 0.15) is 18.9 Å². The first-order valence-corrected chi connectivity index (χ1v) is 6.79. The van der Waals surface area contributed by atoms with Gasteiger partial charge in [0.15, 0.2) is 0 Å². The average Bonchev–Trinajstić information content (AvgIpc) is 2.88. The lowest BCUT2D eigenvalue weighted by atomic mass is 9.96. The highest BCUT2D eigenvalue weighted by molar-refractivity contribution is 5.85. The van der Waals surface area contributed by atoms with Crippen LogP contribution in [0.5, 0.6) is 0 Å². The quantitative estimate of drug-likeness (QED) is 0.594. The second-order valence-electron chi connectivity index (χ2n) is 5.00. The molecule has 0 radical (unpaired) electrons. The number of hydrogen-bond donors (Lipinski definition) is 2. The summed E-state index contributed by atoms with van der Waals surface area (Å²) in [4.78, 5) is 21.6. The van der Waals surface area contributed by atoms with Gasteiger partial charge in [0.25, 0.3) is 0 Å². The average molecular weight is 318 g/mol. The molecule has 1 amide bonds. The van der Waals surface area contributed by atoms with E-state index in [1.165, 1.54) is 23.7 Å². The minimum atomic E-state index is -0.530. The smallest absolute Gasteiger partial charge is 0.307 e. The topological polar surface area (TPSA) is 102 Å². The molecule has 1 aromatic heterocycles. The van der Waals surface area contributed by atoms with Crippen molar-refractivity contribution < 1.29 is 9.72 Å². The molecule has 118 valence electrons. The minimum Gasteiger partial charge on any atom is -0.354 e. The lowest BCUT2D eigenvalue weighted by Gasteiger charge is -2.22. The molecule has 9 heteroatoms. The van der Waals surface area contributed by atoms with Gasteiger partial charge < -0.3 is 10.6 Å². The Morgan fingerprint density at radius 1 is 1.62 bits per heavy atom. The third-order valence-electron chi connectivity index (χ3n) is 3.41. The highest BCUT2D eigenvalue weighted by atomic mass is 35.5. The standard InChI is InChI=1S/C12H19N5O3.ClH/c18-12(9-16-8-11(7-15-16)17(19)20)14-5-3-10-2-1-4-13-6-10;/h7-8,10,13H,1-6,9H2,(H,14,18);1H. The Balaban J connectivity index is 0.00000220. The highest BCUT2D eigenvalue weighted by Gasteiger charge is 2.14. The molecule has 2 rings (SSSR count). The molecule has 1 aliphatic heterocycles. The Morgan fingerprint density at radius 2 is 2.43 bits per heavy atom. The van der Waals surface area contributed by atoms with E-state index < -0.39 is 4.92 Å². The van der Waals surface area contributed by atoms with Crippen molar-refractivity contribution in [2.24, 2.45) is 5.92 Å². The predicted octanol–water partition coefficient (Wildman–Crippen LogP) is 0.719. The number of amides is 1. The van der Waals surface area contributed by atoms with Crippen LogP contribution >= 0.6 is 12.4 Å². The van der Waals surface area contributed by atoms with Crippen LogP contribution in [0.4, 0.5) is 5.69 Å². The summed E-state index contributed by atoms with van der Waals surface area (Å²) in [6, 6.07) is 0. The molecule has 0 bridgehead atoms. The fourth-order valence-corrected chi connectivity index (χ4v) is 2.32. The Bertz CT molecular complexity index is 473. The van der Waals surface area contributed by atoms with E-state index in [1.807, 2.05) is 0 Å². The second kappa shape index (κ2) is 8.58. The second-order valence-corrected chi connectivity index (χ2v) is 5.00. The van der Waals surface area contributed by atoms with Crippen LogP contribution in [0.2, 0.25) is 0 Å². The van der Waals surface area contributed by atoms with Gasteiger partial charge in [-0.25, -0.2) is 0 Å². The minimum absolute atomic E-state index is 0. The normalized spacial score (nSPS) is 17.8. The first-order chi connectivity index (χ1) is 9.65. The van der Waals surface area contributed by atoms with Gasteiger partial charge in [-0.2, -0.15) is 5.10 Å². The fourth-order valence-electron chi connectivity index (χ4n) is 2.32. The summed E-state index contributed by atoms with van der Waals surface area (Å²) >= 11 is 0. The molecular formula is C12H20ClN5O3. The largest absolute Gasteiger partial charge is 0.354 e. The molecule has 1 aliphatic rings. The number of piperidine rings is 1. The maximum atomic E-state index is 11.7. The molecule has 2 heterocycles. The fraction of sp³-hybridized carbons (Fsp3) is 0.667. The molecule has 0 aromatic carbocycles. The Labute approximate surface area is 128 Å². The molecule has 1 unspecified atom stereocenters. The number of carbonyl (C=O) groups excluding carboxylic acids is 1. The molecule has 1 fully saturated rings. The number of hydrogen-bond acceptors (Lipinski definition) is 5. The van der Waals surface area contributed by atoms with Crippen LogP contribution in [-0.4, -0.2) is 40.2 Å². The summed E-state index contributed by atoms with van der Waals surface area (Å²) in [5.41, 5.74) is -0.105. The van der Waals surface area contributed by atoms with Crippen LogP contribution in [0, 0.1) is 16.0 Å². The third kappa shape index (κ3) is 5.68. The summed E-state index contributed by atoms with van der Waals surface area (Å²) in [6.45, 7) is 2.74. The van der Waals surface area contributed by atoms with Crippen molar-refractivity contribution in [3.05, 3.63) is 22.5 Å². The lowest BCUT2D eigenvalue weighted by Crippen LogP contribution is -2.34. The van der Waals surface area contributed by atoms with Crippen LogP contribution in [0.3, 0.4) is 0 Å². The van der Waals surface area contributed by atoms with Gasteiger partial charge in [0.05, 0.1) is 4.92 Å². The van der Waals surface area contributed by atoms with Gasteiger partial charge in [-0.3, -0.25) is 19.6 Å². The first-order valence-electron chi connectivity index (χ1n) is 6.79. The van der Waals surface area contributed by atoms with Gasteiger partial charge in [0, 0.05) is 6.54 Å². The zero-order valence-corrected chi connectivity index (χ0v) is 12.5. The van der Waals surface area contributed by atoms with E-state index in [9.17, 15) is 14.9 Å². The number of nitro groups is 1. The summed E-state index contributed by atoms with van der Waals surface area (Å²) in [6.07, 6.45) is 5.74. The number of halogens is 1. The molecule has 0 saturated carbocycles. The number of carbonyl (C=O) groups is 1. The lowest BCUT2D eigenvalue weighted by molar-refractivity contribution is -0.385. The molecule has 1 aromatic rings. The third-order valence-corrected chi connectivity index (χ3v) is 3.41. The van der Waals surface area contributed by atoms with E-state index >= 15 is 0 Å².